The van der Waals surface area contributed by atoms with Crippen LogP contribution in [-0.2, 0) is 5.75 Å². The first-order valence-electron chi connectivity index (χ1n) is 6.18. The van der Waals surface area contributed by atoms with E-state index in [2.05, 4.69) is 5.16 Å². The third-order valence-electron chi connectivity index (χ3n) is 2.79. The largest absolute Gasteiger partial charge is 0.478 e. The van der Waals surface area contributed by atoms with Crippen molar-refractivity contribution < 1.29 is 18.8 Å². The Hall–Kier alpha value is -2.47. The molecule has 5 nitrogen and oxygen atoms in total. The van der Waals surface area contributed by atoms with Crippen molar-refractivity contribution in [3.05, 3.63) is 60.0 Å². The number of thioether (sulfide) groups is 1. The van der Waals surface area contributed by atoms with Gasteiger partial charge in [0.25, 0.3) is 0 Å². The molecule has 3 aromatic rings. The van der Waals surface area contributed by atoms with Crippen molar-refractivity contribution in [2.75, 3.05) is 0 Å². The summed E-state index contributed by atoms with van der Waals surface area (Å²) in [4.78, 5) is 11.8. The third-order valence-corrected chi connectivity index (χ3v) is 3.82. The number of benzene rings is 1. The first-order valence-corrected chi connectivity index (χ1v) is 7.16. The van der Waals surface area contributed by atoms with Gasteiger partial charge in [0.2, 0.25) is 5.76 Å². The molecule has 0 unspecified atom stereocenters. The molecule has 0 atom stereocenters. The fraction of sp³-hybridized carbons (Fsp3) is 0.0667. The van der Waals surface area contributed by atoms with Gasteiger partial charge in [-0.2, -0.15) is 0 Å². The van der Waals surface area contributed by atoms with Crippen LogP contribution in [0.3, 0.4) is 0 Å². The van der Waals surface area contributed by atoms with E-state index in [-0.39, 0.29) is 5.56 Å². The summed E-state index contributed by atoms with van der Waals surface area (Å²) < 4.78 is 10.4. The van der Waals surface area contributed by atoms with Crippen LogP contribution in [0.1, 0.15) is 16.1 Å². The van der Waals surface area contributed by atoms with Crippen LogP contribution in [-0.4, -0.2) is 16.2 Å². The molecule has 0 fully saturated rings. The molecule has 0 saturated carbocycles. The van der Waals surface area contributed by atoms with Crippen LogP contribution < -0.4 is 0 Å². The van der Waals surface area contributed by atoms with Crippen LogP contribution in [0.4, 0.5) is 0 Å². The first kappa shape index (κ1) is 13.5. The van der Waals surface area contributed by atoms with Gasteiger partial charge in [0, 0.05) is 16.7 Å². The van der Waals surface area contributed by atoms with Gasteiger partial charge in [0.05, 0.1) is 17.5 Å². The van der Waals surface area contributed by atoms with E-state index in [1.54, 1.807) is 36.6 Å². The summed E-state index contributed by atoms with van der Waals surface area (Å²) in [5.41, 5.74) is 1.04. The molecule has 1 aromatic carbocycles. The number of hydrogen-bond acceptors (Lipinski definition) is 5. The minimum atomic E-state index is -0.931. The number of carboxylic acids is 1. The van der Waals surface area contributed by atoms with E-state index in [0.29, 0.717) is 17.3 Å². The molecule has 0 aliphatic heterocycles. The Morgan fingerprint density at radius 3 is 2.86 bits per heavy atom. The number of aromatic carboxylic acids is 1. The number of nitrogens with zero attached hydrogens (tertiary/aromatic N) is 1. The monoisotopic (exact) mass is 301 g/mol. The second kappa shape index (κ2) is 5.88. The van der Waals surface area contributed by atoms with E-state index in [1.165, 1.54) is 11.8 Å². The summed E-state index contributed by atoms with van der Waals surface area (Å²) in [5.74, 6) is 0.869. The lowest BCUT2D eigenvalue weighted by atomic mass is 10.2. The topological polar surface area (TPSA) is 76.5 Å². The highest BCUT2D eigenvalue weighted by molar-refractivity contribution is 7.98. The maximum atomic E-state index is 10.9. The Morgan fingerprint density at radius 1 is 1.19 bits per heavy atom. The fourth-order valence-corrected chi connectivity index (χ4v) is 2.63. The predicted octanol–water partition coefficient (Wildman–Crippen LogP) is 3.93. The molecule has 106 valence electrons. The summed E-state index contributed by atoms with van der Waals surface area (Å²) in [5, 5.41) is 12.9. The lowest BCUT2D eigenvalue weighted by Crippen LogP contribution is -1.95. The standard InChI is InChI=1S/C15H11NO4S/c17-15(18)10-3-1-4-12(7-10)21-9-11-8-14(20-16-11)13-5-2-6-19-13/h1-8H,9H2,(H,17,18). The van der Waals surface area contributed by atoms with Gasteiger partial charge in [0.15, 0.2) is 5.76 Å². The van der Waals surface area contributed by atoms with Crippen molar-refractivity contribution in [2.24, 2.45) is 0 Å². The molecule has 1 N–H and O–H groups in total. The number of carbonyl (C=O) groups is 1. The Balaban J connectivity index is 1.68. The minimum Gasteiger partial charge on any atom is -0.478 e. The third kappa shape index (κ3) is 3.17. The second-order valence-electron chi connectivity index (χ2n) is 4.28. The lowest BCUT2D eigenvalue weighted by Gasteiger charge is -2.00. The molecule has 2 aromatic heterocycles. The zero-order valence-corrected chi connectivity index (χ0v) is 11.7. The van der Waals surface area contributed by atoms with Gasteiger partial charge in [0.1, 0.15) is 0 Å². The molecule has 21 heavy (non-hydrogen) atoms. The van der Waals surface area contributed by atoms with Crippen molar-refractivity contribution in [1.29, 1.82) is 0 Å². The van der Waals surface area contributed by atoms with Gasteiger partial charge in [-0.25, -0.2) is 4.79 Å². The predicted molar refractivity (Wildman–Crippen MR) is 77.2 cm³/mol. The van der Waals surface area contributed by atoms with Crippen molar-refractivity contribution in [1.82, 2.24) is 5.16 Å². The van der Waals surface area contributed by atoms with Crippen LogP contribution in [0, 0.1) is 0 Å². The molecule has 0 amide bonds. The summed E-state index contributed by atoms with van der Waals surface area (Å²) >= 11 is 1.50. The lowest BCUT2D eigenvalue weighted by molar-refractivity contribution is 0.0696. The molecule has 2 heterocycles. The minimum absolute atomic E-state index is 0.274. The van der Waals surface area contributed by atoms with Gasteiger partial charge in [-0.1, -0.05) is 11.2 Å². The van der Waals surface area contributed by atoms with E-state index in [4.69, 9.17) is 14.0 Å². The van der Waals surface area contributed by atoms with Gasteiger partial charge in [-0.05, 0) is 30.3 Å². The number of hydrogen-bond donors (Lipinski definition) is 1. The van der Waals surface area contributed by atoms with Crippen LogP contribution in [0.2, 0.25) is 0 Å². The molecule has 0 spiro atoms. The van der Waals surface area contributed by atoms with E-state index in [0.717, 1.165) is 10.6 Å². The highest BCUT2D eigenvalue weighted by atomic mass is 32.2. The SMILES string of the molecule is O=C(O)c1cccc(SCc2cc(-c3ccco3)on2)c1. The Morgan fingerprint density at radius 2 is 2.10 bits per heavy atom. The van der Waals surface area contributed by atoms with Crippen LogP contribution in [0.5, 0.6) is 0 Å². The zero-order valence-electron chi connectivity index (χ0n) is 10.9. The van der Waals surface area contributed by atoms with Crippen molar-refractivity contribution >= 4 is 17.7 Å². The van der Waals surface area contributed by atoms with E-state index < -0.39 is 5.97 Å². The van der Waals surface area contributed by atoms with Crippen LogP contribution in [0.25, 0.3) is 11.5 Å². The Bertz CT molecular complexity index is 749. The van der Waals surface area contributed by atoms with Crippen molar-refractivity contribution in [3.8, 4) is 11.5 Å². The van der Waals surface area contributed by atoms with Crippen LogP contribution in [0.15, 0.2) is 62.6 Å². The smallest absolute Gasteiger partial charge is 0.335 e. The Kier molecular flexibility index (Phi) is 3.79. The van der Waals surface area contributed by atoms with E-state index >= 15 is 0 Å². The maximum Gasteiger partial charge on any atom is 0.335 e. The van der Waals surface area contributed by atoms with E-state index in [1.807, 2.05) is 12.1 Å². The summed E-state index contributed by atoms with van der Waals surface area (Å²) in [6.07, 6.45) is 1.57. The van der Waals surface area contributed by atoms with Crippen molar-refractivity contribution in [3.63, 3.8) is 0 Å². The number of rotatable bonds is 5. The quantitative estimate of drug-likeness (QED) is 0.720. The summed E-state index contributed by atoms with van der Waals surface area (Å²) in [6, 6.07) is 12.2. The van der Waals surface area contributed by atoms with Gasteiger partial charge >= 0.3 is 5.97 Å². The molecular weight excluding hydrogens is 290 g/mol. The van der Waals surface area contributed by atoms with Gasteiger partial charge in [-0.3, -0.25) is 0 Å². The maximum absolute atomic E-state index is 10.9. The number of aromatic nitrogens is 1. The average Bonchev–Trinajstić information content (AvgIpc) is 3.16. The summed E-state index contributed by atoms with van der Waals surface area (Å²) in [6.45, 7) is 0. The average molecular weight is 301 g/mol. The number of furan rings is 1. The molecule has 0 radical (unpaired) electrons. The fourth-order valence-electron chi connectivity index (χ4n) is 1.79. The molecule has 6 heteroatoms. The van der Waals surface area contributed by atoms with Gasteiger partial charge < -0.3 is 14.0 Å². The number of carboxylic acid groups (broad SMARTS) is 1. The van der Waals surface area contributed by atoms with E-state index in [9.17, 15) is 4.79 Å². The highest BCUT2D eigenvalue weighted by Gasteiger charge is 2.10. The Labute approximate surface area is 124 Å². The molecule has 3 rings (SSSR count). The van der Waals surface area contributed by atoms with Crippen molar-refractivity contribution in [2.45, 2.75) is 10.6 Å². The zero-order chi connectivity index (χ0) is 14.7. The summed E-state index contributed by atoms with van der Waals surface area (Å²) in [7, 11) is 0. The van der Waals surface area contributed by atoms with Gasteiger partial charge in [-0.15, -0.1) is 11.8 Å². The first-order chi connectivity index (χ1) is 10.2. The normalized spacial score (nSPS) is 10.7. The highest BCUT2D eigenvalue weighted by Crippen LogP contribution is 2.26. The molecular formula is C15H11NO4S. The molecule has 0 bridgehead atoms. The van der Waals surface area contributed by atoms with Crippen LogP contribution >= 0.6 is 11.8 Å². The second-order valence-corrected chi connectivity index (χ2v) is 5.33. The molecule has 0 saturated heterocycles. The molecule has 0 aliphatic carbocycles. The molecule has 0 aliphatic rings.